The van der Waals surface area contributed by atoms with Gasteiger partial charge in [0.05, 0.1) is 0 Å². The molecule has 0 aromatic rings. The van der Waals surface area contributed by atoms with Crippen LogP contribution in [-0.2, 0) is 9.53 Å². The van der Waals surface area contributed by atoms with Crippen LogP contribution in [0.3, 0.4) is 0 Å². The van der Waals surface area contributed by atoms with E-state index >= 15 is 0 Å². The average molecular weight is 272 g/mol. The molecule has 4 aliphatic rings. The van der Waals surface area contributed by atoms with Gasteiger partial charge in [-0.2, -0.15) is 0 Å². The second kappa shape index (κ2) is 7.01. The number of hydrogen-bond acceptors (Lipinski definition) is 3. The number of nitrogens with one attached hydrogen (secondary N) is 1. The Morgan fingerprint density at radius 2 is 1.60 bits per heavy atom. The Kier molecular flexibility index (Phi) is 5.33. The quantitative estimate of drug-likeness (QED) is 0.452. The van der Waals surface area contributed by atoms with Crippen LogP contribution in [0.15, 0.2) is 24.3 Å². The summed E-state index contributed by atoms with van der Waals surface area (Å²) < 4.78 is 5.15. The van der Waals surface area contributed by atoms with Crippen molar-refractivity contribution in [2.45, 2.75) is 45.1 Å². The van der Waals surface area contributed by atoms with E-state index in [0.29, 0.717) is 11.8 Å². The Morgan fingerprint density at radius 1 is 1.00 bits per heavy atom. The summed E-state index contributed by atoms with van der Waals surface area (Å²) in [7, 11) is 3.75. The van der Waals surface area contributed by atoms with Gasteiger partial charge in [-0.3, -0.25) is 4.79 Å². The van der Waals surface area contributed by atoms with Crippen molar-refractivity contribution in [1.29, 1.82) is 5.31 Å². The van der Waals surface area contributed by atoms with Crippen LogP contribution >= 0.6 is 0 Å². The molecule has 0 heterocycles. The van der Waals surface area contributed by atoms with Gasteiger partial charge in [0.1, 0.15) is 6.10 Å². The predicted octanol–water partition coefficient (Wildman–Crippen LogP) is 3.40. The normalized spacial score (nSPS) is 37.9. The van der Waals surface area contributed by atoms with Gasteiger partial charge in [0.15, 0.2) is 0 Å². The molecule has 1 radical (unpaired) electrons. The number of hydrogen-bond donors (Lipinski definition) is 1. The molecule has 107 valence electrons. The van der Waals surface area contributed by atoms with E-state index in [1.807, 2.05) is 0 Å². The predicted molar refractivity (Wildman–Crippen MR) is 79.4 cm³/mol. The molecule has 2 fully saturated rings. The maximum atomic E-state index is 10.6. The third-order valence-corrected chi connectivity index (χ3v) is 4.70. The zero-order valence-electron chi connectivity index (χ0n) is 12.1. The molecule has 5 unspecified atom stereocenters. The third-order valence-electron chi connectivity index (χ3n) is 4.70. The zero-order valence-corrected chi connectivity index (χ0v) is 12.1. The third kappa shape index (κ3) is 3.68. The minimum absolute atomic E-state index is 0.143. The van der Waals surface area contributed by atoms with E-state index in [4.69, 9.17) is 10.0 Å². The van der Waals surface area contributed by atoms with Gasteiger partial charge >= 0.3 is 18.9 Å². The molecule has 0 aromatic heterocycles. The van der Waals surface area contributed by atoms with Crippen molar-refractivity contribution in [1.82, 2.24) is 0 Å². The van der Waals surface area contributed by atoms with Crippen molar-refractivity contribution in [3.63, 3.8) is 0 Å². The molecular weight excluding hydrogens is 249 g/mol. The number of esters is 1. The second-order valence-electron chi connectivity index (χ2n) is 6.15. The SMILES string of the molecule is C1=CC2CCC1C2.CC(=O)OC1CC2C=CC1C2.[B]=N. The van der Waals surface area contributed by atoms with Gasteiger partial charge in [-0.1, -0.05) is 24.3 Å². The van der Waals surface area contributed by atoms with Gasteiger partial charge in [0, 0.05) is 12.8 Å². The molecule has 5 atom stereocenters. The fraction of sp³-hybridized carbons (Fsp3) is 0.688. The molecule has 0 aliphatic heterocycles. The molecule has 1 N–H and O–H groups in total. The standard InChI is InChI=1S/C9H12O2.C7H10.BHN/c1-6(10)11-9-5-7-2-3-8(9)4-7;1-2-7-4-3-6(1)5-7;1-2/h2-3,7-9H,4-5H2,1H3;1-2,6-7H,3-5H2;2H. The zero-order chi connectivity index (χ0) is 14.5. The van der Waals surface area contributed by atoms with Crippen LogP contribution in [0.25, 0.3) is 0 Å². The molecule has 0 saturated heterocycles. The van der Waals surface area contributed by atoms with Gasteiger partial charge in [0.2, 0.25) is 0 Å². The Bertz CT molecular complexity index is 395. The molecule has 0 spiro atoms. The van der Waals surface area contributed by atoms with E-state index < -0.39 is 0 Å². The first-order chi connectivity index (χ1) is 9.70. The van der Waals surface area contributed by atoms with Crippen LogP contribution in [0.4, 0.5) is 0 Å². The number of rotatable bonds is 1. The minimum atomic E-state index is -0.143. The van der Waals surface area contributed by atoms with Crippen LogP contribution in [0.2, 0.25) is 0 Å². The number of carbonyl (C=O) groups is 1. The van der Waals surface area contributed by atoms with Gasteiger partial charge in [-0.05, 0) is 49.9 Å². The van der Waals surface area contributed by atoms with E-state index in [9.17, 15) is 4.79 Å². The molecule has 4 heteroatoms. The van der Waals surface area contributed by atoms with Crippen molar-refractivity contribution in [2.75, 3.05) is 0 Å². The van der Waals surface area contributed by atoms with Crippen molar-refractivity contribution in [3.8, 4) is 0 Å². The topological polar surface area (TPSA) is 50.2 Å². The molecule has 2 saturated carbocycles. The van der Waals surface area contributed by atoms with E-state index in [1.165, 1.54) is 32.6 Å². The van der Waals surface area contributed by atoms with E-state index in [1.54, 1.807) is 0 Å². The summed E-state index contributed by atoms with van der Waals surface area (Å²) in [6, 6.07) is 0. The summed E-state index contributed by atoms with van der Waals surface area (Å²) in [6.45, 7) is 1.48. The van der Waals surface area contributed by atoms with Crippen molar-refractivity contribution < 1.29 is 9.53 Å². The van der Waals surface area contributed by atoms with Gasteiger partial charge in [-0.15, -0.1) is 0 Å². The Morgan fingerprint density at radius 3 is 1.90 bits per heavy atom. The van der Waals surface area contributed by atoms with E-state index in [-0.39, 0.29) is 12.1 Å². The average Bonchev–Trinajstić information content (AvgIpc) is 3.23. The maximum absolute atomic E-state index is 10.6. The fourth-order valence-electron chi connectivity index (χ4n) is 3.80. The van der Waals surface area contributed by atoms with Gasteiger partial charge < -0.3 is 4.74 Å². The first kappa shape index (κ1) is 15.2. The molecule has 0 amide bonds. The van der Waals surface area contributed by atoms with E-state index in [2.05, 4.69) is 31.9 Å². The number of allylic oxidation sites excluding steroid dienone is 3. The number of fused-ring (bicyclic) bond motifs is 4. The van der Waals surface area contributed by atoms with E-state index in [0.717, 1.165) is 18.3 Å². The van der Waals surface area contributed by atoms with Gasteiger partial charge in [0.25, 0.3) is 0 Å². The Balaban J connectivity index is 0.000000140. The first-order valence-electron chi connectivity index (χ1n) is 7.53. The molecular formula is C16H23BNO2. The van der Waals surface area contributed by atoms with Crippen LogP contribution in [0.1, 0.15) is 39.0 Å². The van der Waals surface area contributed by atoms with Crippen LogP contribution in [0.5, 0.6) is 0 Å². The summed E-state index contributed by atoms with van der Waals surface area (Å²) in [4.78, 5) is 10.6. The Labute approximate surface area is 122 Å². The molecule has 20 heavy (non-hydrogen) atoms. The molecule has 4 bridgehead atoms. The monoisotopic (exact) mass is 272 g/mol. The van der Waals surface area contributed by atoms with Crippen LogP contribution < -0.4 is 0 Å². The van der Waals surface area contributed by atoms with Gasteiger partial charge in [-0.25, -0.2) is 0 Å². The molecule has 0 aromatic carbocycles. The van der Waals surface area contributed by atoms with Crippen LogP contribution in [0, 0.1) is 29.0 Å². The molecule has 3 nitrogen and oxygen atoms in total. The molecule has 4 rings (SSSR count). The molecule has 4 aliphatic carbocycles. The Hall–Kier alpha value is -1.19. The number of carbonyl (C=O) groups excluding carboxylic acids is 1. The van der Waals surface area contributed by atoms with Crippen molar-refractivity contribution >= 4 is 13.6 Å². The first-order valence-corrected chi connectivity index (χ1v) is 7.53. The summed E-state index contributed by atoms with van der Waals surface area (Å²) in [5.41, 5.74) is 0. The van der Waals surface area contributed by atoms with Crippen LogP contribution in [-0.4, -0.2) is 19.7 Å². The second-order valence-corrected chi connectivity index (χ2v) is 6.15. The van der Waals surface area contributed by atoms with Crippen molar-refractivity contribution in [2.24, 2.45) is 23.7 Å². The van der Waals surface area contributed by atoms with Crippen molar-refractivity contribution in [3.05, 3.63) is 24.3 Å². The summed E-state index contributed by atoms with van der Waals surface area (Å²) in [6.07, 6.45) is 16.0. The summed E-state index contributed by atoms with van der Waals surface area (Å²) >= 11 is 0. The summed E-state index contributed by atoms with van der Waals surface area (Å²) in [5.74, 6) is 3.04. The number of ether oxygens (including phenoxy) is 1. The summed E-state index contributed by atoms with van der Waals surface area (Å²) in [5, 5.41) is 5.25. The fourth-order valence-corrected chi connectivity index (χ4v) is 3.80.